The average molecular weight is 222 g/mol. The Morgan fingerprint density at radius 2 is 1.75 bits per heavy atom. The van der Waals surface area contributed by atoms with E-state index in [1.165, 1.54) is 5.56 Å². The molecule has 0 amide bonds. The summed E-state index contributed by atoms with van der Waals surface area (Å²) in [6.45, 7) is 8.62. The highest BCUT2D eigenvalue weighted by atomic mass is 16.5. The fraction of sp³-hybridized carbons (Fsp3) is 0.571. The largest absolute Gasteiger partial charge is 0.491 e. The summed E-state index contributed by atoms with van der Waals surface area (Å²) in [5.41, 5.74) is 1.19. The average Bonchev–Trinajstić information content (AvgIpc) is 2.25. The molecule has 0 aliphatic carbocycles. The maximum Gasteiger partial charge on any atom is 0.122 e. The predicted octanol–water partition coefficient (Wildman–Crippen LogP) is 3.21. The topological polar surface area (TPSA) is 29.5 Å². The molecule has 1 rings (SSSR count). The smallest absolute Gasteiger partial charge is 0.122 e. The van der Waals surface area contributed by atoms with Gasteiger partial charge in [0.25, 0.3) is 0 Å². The Bertz CT molecular complexity index is 318. The first-order valence-electron chi connectivity index (χ1n) is 5.92. The molecule has 1 aromatic carbocycles. The van der Waals surface area contributed by atoms with Crippen molar-refractivity contribution in [2.75, 3.05) is 6.61 Å². The molecular weight excluding hydrogens is 200 g/mol. The van der Waals surface area contributed by atoms with Crippen LogP contribution in [-0.2, 0) is 0 Å². The molecule has 2 nitrogen and oxygen atoms in total. The minimum Gasteiger partial charge on any atom is -0.491 e. The zero-order valence-electron chi connectivity index (χ0n) is 10.6. The molecule has 0 heterocycles. The van der Waals surface area contributed by atoms with Crippen molar-refractivity contribution in [3.05, 3.63) is 29.8 Å². The maximum atomic E-state index is 9.69. The second kappa shape index (κ2) is 5.90. The van der Waals surface area contributed by atoms with Gasteiger partial charge in [-0.05, 0) is 23.5 Å². The van der Waals surface area contributed by atoms with Gasteiger partial charge in [0, 0.05) is 0 Å². The summed E-state index contributed by atoms with van der Waals surface area (Å²) in [5, 5.41) is 9.69. The molecule has 1 aromatic rings. The molecule has 0 aliphatic heterocycles. The van der Waals surface area contributed by atoms with Crippen molar-refractivity contribution in [3.8, 4) is 5.75 Å². The van der Waals surface area contributed by atoms with Crippen LogP contribution in [0.4, 0.5) is 0 Å². The number of para-hydroxylation sites is 1. The summed E-state index contributed by atoms with van der Waals surface area (Å²) in [5.74, 6) is 1.55. The van der Waals surface area contributed by atoms with Crippen molar-refractivity contribution in [2.45, 2.75) is 39.7 Å². The Balaban J connectivity index is 2.66. The van der Waals surface area contributed by atoms with Crippen molar-refractivity contribution in [1.29, 1.82) is 0 Å². The summed E-state index contributed by atoms with van der Waals surface area (Å²) in [7, 11) is 0. The molecule has 0 saturated carbocycles. The first-order valence-corrected chi connectivity index (χ1v) is 5.92. The third-order valence-electron chi connectivity index (χ3n) is 2.72. The van der Waals surface area contributed by atoms with Crippen LogP contribution in [0.3, 0.4) is 0 Å². The van der Waals surface area contributed by atoms with Crippen molar-refractivity contribution < 1.29 is 9.84 Å². The Hall–Kier alpha value is -1.02. The Labute approximate surface area is 98.3 Å². The van der Waals surface area contributed by atoms with Gasteiger partial charge in [-0.3, -0.25) is 0 Å². The molecule has 0 aromatic heterocycles. The third-order valence-corrected chi connectivity index (χ3v) is 2.72. The lowest BCUT2D eigenvalue weighted by molar-refractivity contribution is 0.0696. The molecule has 1 N–H and O–H groups in total. The zero-order chi connectivity index (χ0) is 12.1. The lowest BCUT2D eigenvalue weighted by Crippen LogP contribution is -2.23. The van der Waals surface area contributed by atoms with E-state index in [9.17, 15) is 5.11 Å². The molecule has 16 heavy (non-hydrogen) atoms. The molecule has 1 atom stereocenters. The van der Waals surface area contributed by atoms with Crippen molar-refractivity contribution in [3.63, 3.8) is 0 Å². The quantitative estimate of drug-likeness (QED) is 0.829. The van der Waals surface area contributed by atoms with Crippen molar-refractivity contribution in [2.24, 2.45) is 5.92 Å². The molecule has 90 valence electrons. The molecular formula is C14H22O2. The molecule has 0 radical (unpaired) electrons. The second-order valence-corrected chi connectivity index (χ2v) is 4.81. The lowest BCUT2D eigenvalue weighted by Gasteiger charge is -2.18. The number of hydrogen-bond acceptors (Lipinski definition) is 2. The van der Waals surface area contributed by atoms with Crippen molar-refractivity contribution in [1.82, 2.24) is 0 Å². The molecule has 1 unspecified atom stereocenters. The van der Waals surface area contributed by atoms with E-state index in [1.54, 1.807) is 0 Å². The molecule has 2 heteroatoms. The van der Waals surface area contributed by atoms with Crippen LogP contribution in [0.25, 0.3) is 0 Å². The Kier molecular flexibility index (Phi) is 4.81. The summed E-state index contributed by atoms with van der Waals surface area (Å²) in [6.07, 6.45) is -0.403. The van der Waals surface area contributed by atoms with E-state index < -0.39 is 6.10 Å². The van der Waals surface area contributed by atoms with Crippen LogP contribution in [0.5, 0.6) is 5.75 Å². The number of aliphatic hydroxyl groups excluding tert-OH is 1. The zero-order valence-corrected chi connectivity index (χ0v) is 10.6. The minimum atomic E-state index is -0.403. The van der Waals surface area contributed by atoms with Gasteiger partial charge in [0.2, 0.25) is 0 Å². The summed E-state index contributed by atoms with van der Waals surface area (Å²) < 4.78 is 5.67. The van der Waals surface area contributed by atoms with E-state index in [1.807, 2.05) is 32.0 Å². The summed E-state index contributed by atoms with van der Waals surface area (Å²) in [4.78, 5) is 0. The Morgan fingerprint density at radius 1 is 1.12 bits per heavy atom. The molecule has 0 spiro atoms. The molecule has 0 bridgehead atoms. The van der Waals surface area contributed by atoms with Crippen LogP contribution in [0.1, 0.15) is 39.2 Å². The highest BCUT2D eigenvalue weighted by molar-refractivity contribution is 5.35. The second-order valence-electron chi connectivity index (χ2n) is 4.81. The van der Waals surface area contributed by atoms with Crippen LogP contribution >= 0.6 is 0 Å². The Morgan fingerprint density at radius 3 is 2.31 bits per heavy atom. The monoisotopic (exact) mass is 222 g/mol. The predicted molar refractivity (Wildman–Crippen MR) is 66.9 cm³/mol. The fourth-order valence-corrected chi connectivity index (χ4v) is 1.46. The van der Waals surface area contributed by atoms with E-state index in [0.29, 0.717) is 12.5 Å². The van der Waals surface area contributed by atoms with E-state index in [4.69, 9.17) is 4.74 Å². The summed E-state index contributed by atoms with van der Waals surface area (Å²) >= 11 is 0. The van der Waals surface area contributed by atoms with Gasteiger partial charge < -0.3 is 9.84 Å². The van der Waals surface area contributed by atoms with Crippen LogP contribution in [0.2, 0.25) is 0 Å². The molecule has 0 aliphatic rings. The highest BCUT2D eigenvalue weighted by Crippen LogP contribution is 2.26. The number of hydrogen-bond donors (Lipinski definition) is 1. The van der Waals surface area contributed by atoms with Crippen molar-refractivity contribution >= 4 is 0 Å². The summed E-state index contributed by atoms with van der Waals surface area (Å²) in [6, 6.07) is 8.01. The van der Waals surface area contributed by atoms with Gasteiger partial charge >= 0.3 is 0 Å². The number of aliphatic hydroxyl groups is 1. The maximum absolute atomic E-state index is 9.69. The fourth-order valence-electron chi connectivity index (χ4n) is 1.46. The van der Waals surface area contributed by atoms with E-state index in [2.05, 4.69) is 19.9 Å². The first kappa shape index (κ1) is 13.0. The molecule has 0 saturated heterocycles. The minimum absolute atomic E-state index is 0.228. The lowest BCUT2D eigenvalue weighted by atomic mass is 10.0. The van der Waals surface area contributed by atoms with Crippen LogP contribution in [0, 0.1) is 5.92 Å². The van der Waals surface area contributed by atoms with Gasteiger partial charge in [-0.25, -0.2) is 0 Å². The number of benzene rings is 1. The number of rotatable bonds is 5. The van der Waals surface area contributed by atoms with Gasteiger partial charge in [-0.15, -0.1) is 0 Å². The highest BCUT2D eigenvalue weighted by Gasteiger charge is 2.12. The SMILES string of the molecule is CC(C)c1ccccc1OCC(O)C(C)C. The first-order chi connectivity index (χ1) is 7.52. The van der Waals surface area contributed by atoms with E-state index in [-0.39, 0.29) is 5.92 Å². The van der Waals surface area contributed by atoms with Gasteiger partial charge in [-0.2, -0.15) is 0 Å². The molecule has 0 fully saturated rings. The van der Waals surface area contributed by atoms with E-state index in [0.717, 1.165) is 5.75 Å². The van der Waals surface area contributed by atoms with Gasteiger partial charge in [0.05, 0.1) is 6.10 Å². The standard InChI is InChI=1S/C14H22O2/c1-10(2)12-7-5-6-8-14(12)16-9-13(15)11(3)4/h5-8,10-11,13,15H,9H2,1-4H3. The van der Waals surface area contributed by atoms with Crippen LogP contribution in [-0.4, -0.2) is 17.8 Å². The van der Waals surface area contributed by atoms with Crippen LogP contribution in [0.15, 0.2) is 24.3 Å². The van der Waals surface area contributed by atoms with E-state index >= 15 is 0 Å². The third kappa shape index (κ3) is 3.53. The number of ether oxygens (including phenoxy) is 1. The van der Waals surface area contributed by atoms with Gasteiger partial charge in [-0.1, -0.05) is 45.9 Å². The van der Waals surface area contributed by atoms with Gasteiger partial charge in [0.15, 0.2) is 0 Å². The van der Waals surface area contributed by atoms with Gasteiger partial charge in [0.1, 0.15) is 12.4 Å². The van der Waals surface area contributed by atoms with Crippen LogP contribution < -0.4 is 4.74 Å². The normalized spacial score (nSPS) is 13.2.